The highest BCUT2D eigenvalue weighted by molar-refractivity contribution is 7.17. The summed E-state index contributed by atoms with van der Waals surface area (Å²) in [5, 5.41) is 9.94. The first-order valence-electron chi connectivity index (χ1n) is 8.46. The largest absolute Gasteiger partial charge is 0.381 e. The predicted octanol–water partition coefficient (Wildman–Crippen LogP) is 4.57. The molecule has 3 heterocycles. The first kappa shape index (κ1) is 16.7. The number of aromatic nitrogens is 3. The van der Waals surface area contributed by atoms with Gasteiger partial charge in [-0.25, -0.2) is 4.98 Å². The molecule has 132 valence electrons. The van der Waals surface area contributed by atoms with Crippen molar-refractivity contribution in [2.45, 2.75) is 44.8 Å². The number of rotatable bonds is 5. The standard InChI is InChI=1S/C17H21N5OS2/c1-10-9-14(25-22-10)20-17-19-13-7-8-24-15(13)16(21-17)18-11-3-5-12(23-2)6-4-11/h7-9,11-12H,3-6H2,1-2H3,(H2,18,19,20,21). The van der Waals surface area contributed by atoms with Crippen LogP contribution in [0.3, 0.4) is 0 Å². The van der Waals surface area contributed by atoms with Gasteiger partial charge in [-0.2, -0.15) is 9.36 Å². The van der Waals surface area contributed by atoms with Crippen LogP contribution in [-0.2, 0) is 4.74 Å². The van der Waals surface area contributed by atoms with Crippen LogP contribution in [-0.4, -0.2) is 33.6 Å². The number of thiophene rings is 1. The van der Waals surface area contributed by atoms with E-state index in [2.05, 4.69) is 25.4 Å². The van der Waals surface area contributed by atoms with E-state index < -0.39 is 0 Å². The molecule has 0 radical (unpaired) electrons. The van der Waals surface area contributed by atoms with Crippen LogP contribution in [0.1, 0.15) is 31.4 Å². The number of nitrogens with zero attached hydrogens (tertiary/aromatic N) is 3. The van der Waals surface area contributed by atoms with Crippen LogP contribution < -0.4 is 10.6 Å². The van der Waals surface area contributed by atoms with Crippen LogP contribution in [0.4, 0.5) is 16.8 Å². The lowest BCUT2D eigenvalue weighted by Gasteiger charge is -2.28. The van der Waals surface area contributed by atoms with Gasteiger partial charge in [0.05, 0.1) is 22.0 Å². The second kappa shape index (κ2) is 7.23. The molecule has 0 saturated heterocycles. The fraction of sp³-hybridized carbons (Fsp3) is 0.471. The van der Waals surface area contributed by atoms with E-state index >= 15 is 0 Å². The van der Waals surface area contributed by atoms with E-state index in [0.29, 0.717) is 18.1 Å². The van der Waals surface area contributed by atoms with Crippen molar-refractivity contribution in [1.29, 1.82) is 0 Å². The second-order valence-corrected chi connectivity index (χ2v) is 8.06. The summed E-state index contributed by atoms with van der Waals surface area (Å²) in [6.45, 7) is 1.98. The zero-order valence-electron chi connectivity index (χ0n) is 14.3. The lowest BCUT2D eigenvalue weighted by molar-refractivity contribution is 0.0681. The molecule has 0 spiro atoms. The second-order valence-electron chi connectivity index (χ2n) is 6.34. The summed E-state index contributed by atoms with van der Waals surface area (Å²) in [6.07, 6.45) is 4.80. The normalized spacial score (nSPS) is 20.7. The van der Waals surface area contributed by atoms with Gasteiger partial charge in [0.25, 0.3) is 0 Å². The first-order chi connectivity index (χ1) is 12.2. The Morgan fingerprint density at radius 3 is 2.76 bits per heavy atom. The van der Waals surface area contributed by atoms with Gasteiger partial charge in [0.2, 0.25) is 5.95 Å². The molecule has 0 amide bonds. The van der Waals surface area contributed by atoms with E-state index in [-0.39, 0.29) is 0 Å². The van der Waals surface area contributed by atoms with Gasteiger partial charge in [0.15, 0.2) is 0 Å². The number of hydrogen-bond acceptors (Lipinski definition) is 8. The molecular formula is C17H21N5OS2. The molecule has 0 aromatic carbocycles. The molecule has 6 nitrogen and oxygen atoms in total. The third-order valence-corrected chi connectivity index (χ3v) is 6.22. The lowest BCUT2D eigenvalue weighted by Crippen LogP contribution is -2.29. The van der Waals surface area contributed by atoms with Crippen LogP contribution in [0.2, 0.25) is 0 Å². The van der Waals surface area contributed by atoms with Crippen LogP contribution in [0, 0.1) is 6.92 Å². The molecule has 1 aliphatic rings. The molecule has 3 aromatic rings. The Labute approximate surface area is 154 Å². The Morgan fingerprint density at radius 1 is 1.20 bits per heavy atom. The summed E-state index contributed by atoms with van der Waals surface area (Å²) in [7, 11) is 1.80. The van der Waals surface area contributed by atoms with E-state index in [4.69, 9.17) is 9.72 Å². The van der Waals surface area contributed by atoms with Crippen molar-refractivity contribution in [3.05, 3.63) is 23.2 Å². The quantitative estimate of drug-likeness (QED) is 0.681. The highest BCUT2D eigenvalue weighted by Crippen LogP contribution is 2.31. The monoisotopic (exact) mass is 375 g/mol. The number of aryl methyl sites for hydroxylation is 1. The smallest absolute Gasteiger partial charge is 0.230 e. The predicted molar refractivity (Wildman–Crippen MR) is 104 cm³/mol. The summed E-state index contributed by atoms with van der Waals surface area (Å²) in [5.41, 5.74) is 1.97. The van der Waals surface area contributed by atoms with Gasteiger partial charge >= 0.3 is 0 Å². The minimum absolute atomic E-state index is 0.400. The summed E-state index contributed by atoms with van der Waals surface area (Å²) < 4.78 is 10.9. The van der Waals surface area contributed by atoms with Crippen LogP contribution >= 0.6 is 22.9 Å². The van der Waals surface area contributed by atoms with E-state index in [9.17, 15) is 0 Å². The fourth-order valence-corrected chi connectivity index (χ4v) is 4.63. The lowest BCUT2D eigenvalue weighted by atomic mass is 9.93. The Morgan fingerprint density at radius 2 is 2.04 bits per heavy atom. The van der Waals surface area contributed by atoms with Crippen molar-refractivity contribution in [2.24, 2.45) is 0 Å². The van der Waals surface area contributed by atoms with E-state index in [0.717, 1.165) is 52.4 Å². The zero-order chi connectivity index (χ0) is 17.2. The van der Waals surface area contributed by atoms with Gasteiger partial charge < -0.3 is 15.4 Å². The average Bonchev–Trinajstić information content (AvgIpc) is 3.24. The maximum Gasteiger partial charge on any atom is 0.230 e. The first-order valence-corrected chi connectivity index (χ1v) is 10.1. The van der Waals surface area contributed by atoms with Gasteiger partial charge in [-0.3, -0.25) is 0 Å². The molecule has 1 fully saturated rings. The number of ether oxygens (including phenoxy) is 1. The van der Waals surface area contributed by atoms with E-state index in [1.54, 1.807) is 18.4 Å². The molecule has 1 saturated carbocycles. The molecule has 0 bridgehead atoms. The van der Waals surface area contributed by atoms with Crippen molar-refractivity contribution >= 4 is 49.9 Å². The maximum atomic E-state index is 5.47. The Balaban J connectivity index is 1.56. The van der Waals surface area contributed by atoms with Crippen LogP contribution in [0.15, 0.2) is 17.5 Å². The van der Waals surface area contributed by atoms with Gasteiger partial charge in [-0.15, -0.1) is 11.3 Å². The number of anilines is 3. The van der Waals surface area contributed by atoms with E-state index in [1.165, 1.54) is 11.5 Å². The van der Waals surface area contributed by atoms with Crippen molar-refractivity contribution < 1.29 is 4.74 Å². The number of nitrogens with one attached hydrogen (secondary N) is 2. The Hall–Kier alpha value is -1.77. The minimum Gasteiger partial charge on any atom is -0.381 e. The molecule has 25 heavy (non-hydrogen) atoms. The molecule has 0 unspecified atom stereocenters. The Bertz CT molecular complexity index is 854. The molecule has 0 atom stereocenters. The van der Waals surface area contributed by atoms with E-state index in [1.807, 2.05) is 19.1 Å². The maximum absolute atomic E-state index is 5.47. The van der Waals surface area contributed by atoms with Crippen molar-refractivity contribution in [3.8, 4) is 0 Å². The molecular weight excluding hydrogens is 354 g/mol. The molecule has 3 aromatic heterocycles. The summed E-state index contributed by atoms with van der Waals surface area (Å²) in [5.74, 6) is 1.53. The number of methoxy groups -OCH3 is 1. The Kier molecular flexibility index (Phi) is 4.82. The highest BCUT2D eigenvalue weighted by atomic mass is 32.1. The van der Waals surface area contributed by atoms with Gasteiger partial charge in [-0.05, 0) is 61.7 Å². The summed E-state index contributed by atoms with van der Waals surface area (Å²) >= 11 is 3.10. The zero-order valence-corrected chi connectivity index (χ0v) is 15.9. The summed E-state index contributed by atoms with van der Waals surface area (Å²) in [6, 6.07) is 4.48. The van der Waals surface area contributed by atoms with Gasteiger partial charge in [0, 0.05) is 13.2 Å². The SMILES string of the molecule is COC1CCC(Nc2nc(Nc3cc(C)ns3)nc3ccsc23)CC1. The topological polar surface area (TPSA) is 72.0 Å². The van der Waals surface area contributed by atoms with Crippen LogP contribution in [0.5, 0.6) is 0 Å². The van der Waals surface area contributed by atoms with Crippen molar-refractivity contribution in [1.82, 2.24) is 14.3 Å². The third-order valence-electron chi connectivity index (χ3n) is 4.51. The molecule has 0 aliphatic heterocycles. The van der Waals surface area contributed by atoms with Gasteiger partial charge in [0.1, 0.15) is 10.8 Å². The van der Waals surface area contributed by atoms with Crippen LogP contribution in [0.25, 0.3) is 10.2 Å². The van der Waals surface area contributed by atoms with Gasteiger partial charge in [-0.1, -0.05) is 0 Å². The molecule has 2 N–H and O–H groups in total. The molecule has 1 aliphatic carbocycles. The van der Waals surface area contributed by atoms with Crippen molar-refractivity contribution in [2.75, 3.05) is 17.7 Å². The number of hydrogen-bond donors (Lipinski definition) is 2. The number of fused-ring (bicyclic) bond motifs is 1. The highest BCUT2D eigenvalue weighted by Gasteiger charge is 2.22. The average molecular weight is 376 g/mol. The minimum atomic E-state index is 0.400. The summed E-state index contributed by atoms with van der Waals surface area (Å²) in [4.78, 5) is 9.36. The third kappa shape index (κ3) is 3.75. The van der Waals surface area contributed by atoms with Crippen molar-refractivity contribution in [3.63, 3.8) is 0 Å². The molecule has 8 heteroatoms. The molecule has 4 rings (SSSR count). The fourth-order valence-electron chi connectivity index (χ4n) is 3.19.